The molecule has 1 atom stereocenters. The molecule has 28 heavy (non-hydrogen) atoms. The Morgan fingerprint density at radius 3 is 1.75 bits per heavy atom. The van der Waals surface area contributed by atoms with Crippen LogP contribution in [0, 0.1) is 5.92 Å². The van der Waals surface area contributed by atoms with Crippen LogP contribution < -0.4 is 24.8 Å². The van der Waals surface area contributed by atoms with E-state index < -0.39 is 23.8 Å². The Kier molecular flexibility index (Phi) is 17.6. The highest BCUT2D eigenvalue weighted by Crippen LogP contribution is 2.01. The Hall–Kier alpha value is -1.76. The third-order valence-corrected chi connectivity index (χ3v) is 3.62. The van der Waals surface area contributed by atoms with Crippen LogP contribution in [-0.4, -0.2) is 61.6 Å². The molecule has 0 radical (unpaired) electrons. The third kappa shape index (κ3) is 14.3. The highest BCUT2D eigenvalue weighted by atomic mass is 127. The summed E-state index contributed by atoms with van der Waals surface area (Å²) in [6.45, 7) is 8.60. The molecule has 0 aliphatic rings. The lowest BCUT2D eigenvalue weighted by Gasteiger charge is -2.21. The number of halogens is 1. The zero-order valence-corrected chi connectivity index (χ0v) is 19.3. The van der Waals surface area contributed by atoms with E-state index in [2.05, 4.69) is 24.8 Å². The monoisotopic (exact) mass is 513 g/mol. The minimum Gasteiger partial charge on any atom is -0.347 e. The van der Waals surface area contributed by atoms with Gasteiger partial charge in [0, 0.05) is 29.3 Å². The summed E-state index contributed by atoms with van der Waals surface area (Å²) in [6.07, 6.45) is 0.315. The fraction of sp³-hybridized carbons (Fsp3) is 0.706. The van der Waals surface area contributed by atoms with Crippen LogP contribution in [0.15, 0.2) is 0 Å². The Labute approximate surface area is 180 Å². The lowest BCUT2D eigenvalue weighted by molar-refractivity contribution is -0.131. The van der Waals surface area contributed by atoms with E-state index in [1.807, 2.05) is 13.8 Å². The molecule has 0 rings (SSSR count). The largest absolute Gasteiger partial charge is 0.347 e. The first kappa shape index (κ1) is 28.4. The molecule has 0 spiro atoms. The van der Waals surface area contributed by atoms with E-state index in [9.17, 15) is 24.0 Å². The molecule has 0 aromatic heterocycles. The van der Waals surface area contributed by atoms with Gasteiger partial charge in [0.25, 0.3) is 0 Å². The van der Waals surface area contributed by atoms with Gasteiger partial charge in [-0.15, -0.1) is 0 Å². The van der Waals surface area contributed by atoms with Crippen molar-refractivity contribution in [3.8, 4) is 0 Å². The number of hydrogen-bond acceptors (Lipinski definition) is 6. The fourth-order valence-electron chi connectivity index (χ4n) is 1.72. The highest BCUT2D eigenvalue weighted by Gasteiger charge is 2.24. The average Bonchev–Trinajstić information content (AvgIpc) is 2.68. The van der Waals surface area contributed by atoms with Gasteiger partial charge in [-0.3, -0.25) is 27.5 Å². The number of Topliss-reactive ketones (excluding diaryl/α,β-unsaturated/α-hetero) is 1. The standard InChI is InChI=1S/C15H26IN5O5.C2H6/c1-4-10(22)5-19-15(26)14(9(2)3)21-13(25)7-18-11(23)6-17-12(24)8-20-16;1-2/h9,14,20H,4-8H2,1-3H3,(H,17,24)(H,18,23)(H,19,26)(H,21,25);1-2H3. The predicted molar refractivity (Wildman–Crippen MR) is 114 cm³/mol. The van der Waals surface area contributed by atoms with Crippen LogP contribution in [0.25, 0.3) is 0 Å². The summed E-state index contributed by atoms with van der Waals surface area (Å²) in [5.74, 6) is -2.20. The van der Waals surface area contributed by atoms with Gasteiger partial charge in [-0.05, 0) is 5.92 Å². The van der Waals surface area contributed by atoms with Gasteiger partial charge in [-0.25, -0.2) is 0 Å². The topological polar surface area (TPSA) is 146 Å². The van der Waals surface area contributed by atoms with E-state index in [0.29, 0.717) is 6.42 Å². The predicted octanol–water partition coefficient (Wildman–Crippen LogP) is -0.579. The van der Waals surface area contributed by atoms with Crippen molar-refractivity contribution in [2.75, 3.05) is 26.2 Å². The number of rotatable bonds is 12. The van der Waals surface area contributed by atoms with E-state index in [-0.39, 0.29) is 43.8 Å². The second kappa shape index (κ2) is 17.3. The number of nitrogens with one attached hydrogen (secondary N) is 5. The van der Waals surface area contributed by atoms with Crippen LogP contribution in [0.4, 0.5) is 0 Å². The average molecular weight is 513 g/mol. The molecule has 0 aromatic carbocycles. The molecule has 1 unspecified atom stereocenters. The van der Waals surface area contributed by atoms with Gasteiger partial charge in [0.15, 0.2) is 5.78 Å². The number of amides is 4. The summed E-state index contributed by atoms with van der Waals surface area (Å²) in [7, 11) is 0. The Balaban J connectivity index is 0. The van der Waals surface area contributed by atoms with Crippen LogP contribution in [0.3, 0.4) is 0 Å². The molecular formula is C17H32IN5O5. The molecule has 0 saturated heterocycles. The summed E-state index contributed by atoms with van der Waals surface area (Å²) < 4.78 is 2.61. The van der Waals surface area contributed by atoms with Crippen molar-refractivity contribution < 1.29 is 24.0 Å². The third-order valence-electron chi connectivity index (χ3n) is 3.24. The molecule has 162 valence electrons. The zero-order chi connectivity index (χ0) is 22.1. The normalized spacial score (nSPS) is 10.8. The first-order valence-electron chi connectivity index (χ1n) is 9.16. The SMILES string of the molecule is CC.CCC(=O)CNC(=O)C(NC(=O)CNC(=O)CNC(=O)CNI)C(C)C. The fourth-order valence-corrected chi connectivity index (χ4v) is 2.07. The maximum absolute atomic E-state index is 12.1. The molecule has 0 aromatic rings. The molecule has 4 amide bonds. The Morgan fingerprint density at radius 2 is 1.29 bits per heavy atom. The van der Waals surface area contributed by atoms with Gasteiger partial charge in [0.2, 0.25) is 23.6 Å². The van der Waals surface area contributed by atoms with Gasteiger partial charge in [0.1, 0.15) is 6.04 Å². The van der Waals surface area contributed by atoms with Crippen LogP contribution >= 0.6 is 22.9 Å². The first-order chi connectivity index (χ1) is 13.2. The molecule has 0 saturated carbocycles. The van der Waals surface area contributed by atoms with Gasteiger partial charge in [0.05, 0.1) is 26.2 Å². The quantitative estimate of drug-likeness (QED) is 0.175. The first-order valence-corrected chi connectivity index (χ1v) is 10.2. The number of carbonyl (C=O) groups excluding carboxylic acids is 5. The van der Waals surface area contributed by atoms with Crippen LogP contribution in [-0.2, 0) is 24.0 Å². The maximum Gasteiger partial charge on any atom is 0.243 e. The second-order valence-corrected chi connectivity index (χ2v) is 6.53. The lowest BCUT2D eigenvalue weighted by Crippen LogP contribution is -2.53. The Morgan fingerprint density at radius 1 is 0.786 bits per heavy atom. The maximum atomic E-state index is 12.1. The van der Waals surface area contributed by atoms with Gasteiger partial charge in [-0.1, -0.05) is 34.6 Å². The smallest absolute Gasteiger partial charge is 0.243 e. The summed E-state index contributed by atoms with van der Waals surface area (Å²) in [4.78, 5) is 58.1. The minimum absolute atomic E-state index is 0.0695. The van der Waals surface area contributed by atoms with Crippen molar-refractivity contribution in [2.45, 2.75) is 47.1 Å². The summed E-state index contributed by atoms with van der Waals surface area (Å²) >= 11 is 1.80. The van der Waals surface area contributed by atoms with Crippen molar-refractivity contribution in [3.05, 3.63) is 0 Å². The van der Waals surface area contributed by atoms with E-state index >= 15 is 0 Å². The summed E-state index contributed by atoms with van der Waals surface area (Å²) in [5.41, 5.74) is 0. The second-order valence-electron chi connectivity index (χ2n) is 5.76. The highest BCUT2D eigenvalue weighted by molar-refractivity contribution is 14.1. The minimum atomic E-state index is -0.821. The van der Waals surface area contributed by atoms with Crippen molar-refractivity contribution in [2.24, 2.45) is 5.92 Å². The molecule has 11 heteroatoms. The molecule has 0 bridgehead atoms. The molecule has 0 aliphatic carbocycles. The zero-order valence-electron chi connectivity index (χ0n) is 17.1. The van der Waals surface area contributed by atoms with Crippen molar-refractivity contribution in [1.29, 1.82) is 0 Å². The number of ketones is 1. The van der Waals surface area contributed by atoms with Gasteiger partial charge in [-0.2, -0.15) is 0 Å². The van der Waals surface area contributed by atoms with E-state index in [1.165, 1.54) is 0 Å². The van der Waals surface area contributed by atoms with Crippen LogP contribution in [0.2, 0.25) is 0 Å². The van der Waals surface area contributed by atoms with Crippen LogP contribution in [0.5, 0.6) is 0 Å². The molecule has 0 fully saturated rings. The molecule has 0 aliphatic heterocycles. The van der Waals surface area contributed by atoms with Crippen molar-refractivity contribution in [1.82, 2.24) is 24.8 Å². The molecule has 5 N–H and O–H groups in total. The lowest BCUT2D eigenvalue weighted by atomic mass is 10.0. The molecular weight excluding hydrogens is 481 g/mol. The van der Waals surface area contributed by atoms with Crippen molar-refractivity contribution in [3.63, 3.8) is 0 Å². The van der Waals surface area contributed by atoms with Gasteiger partial charge < -0.3 is 21.3 Å². The van der Waals surface area contributed by atoms with E-state index in [0.717, 1.165) is 0 Å². The van der Waals surface area contributed by atoms with Crippen LogP contribution in [0.1, 0.15) is 41.0 Å². The number of hydrogen-bond donors (Lipinski definition) is 5. The van der Waals surface area contributed by atoms with Crippen molar-refractivity contribution >= 4 is 52.3 Å². The molecule has 10 nitrogen and oxygen atoms in total. The Bertz CT molecular complexity index is 528. The number of carbonyl (C=O) groups is 5. The van der Waals surface area contributed by atoms with E-state index in [4.69, 9.17) is 0 Å². The van der Waals surface area contributed by atoms with E-state index in [1.54, 1.807) is 43.6 Å². The van der Waals surface area contributed by atoms with Gasteiger partial charge >= 0.3 is 0 Å². The molecule has 0 heterocycles. The summed E-state index contributed by atoms with van der Waals surface area (Å²) in [5, 5.41) is 9.73. The summed E-state index contributed by atoms with van der Waals surface area (Å²) in [6, 6.07) is -0.821.